The molecular formula is C21H19ClN2O4. The van der Waals surface area contributed by atoms with E-state index in [2.05, 4.69) is 9.97 Å². The number of carbonyl (C=O) groups excluding carboxylic acids is 2. The van der Waals surface area contributed by atoms with Gasteiger partial charge in [-0.25, -0.2) is 19.6 Å². The normalized spacial score (nSPS) is 10.8. The number of ether oxygens (including phenoxy) is 2. The molecule has 3 aromatic rings. The summed E-state index contributed by atoms with van der Waals surface area (Å²) in [6.45, 7) is 5.17. The number of hydrogen-bond acceptors (Lipinski definition) is 6. The van der Waals surface area contributed by atoms with Crippen LogP contribution in [0.15, 0.2) is 30.3 Å². The zero-order valence-electron chi connectivity index (χ0n) is 16.0. The van der Waals surface area contributed by atoms with Gasteiger partial charge < -0.3 is 9.47 Å². The lowest BCUT2D eigenvalue weighted by molar-refractivity contribution is 0.0454. The summed E-state index contributed by atoms with van der Waals surface area (Å²) in [5, 5.41) is 0.915. The van der Waals surface area contributed by atoms with Crippen LogP contribution in [-0.2, 0) is 16.1 Å². The molecule has 1 aromatic carbocycles. The van der Waals surface area contributed by atoms with E-state index in [1.807, 2.05) is 31.2 Å². The van der Waals surface area contributed by atoms with Gasteiger partial charge in [-0.15, -0.1) is 0 Å². The van der Waals surface area contributed by atoms with Crippen molar-refractivity contribution >= 4 is 34.4 Å². The fourth-order valence-electron chi connectivity index (χ4n) is 3.16. The Bertz CT molecular complexity index is 1070. The molecule has 144 valence electrons. The van der Waals surface area contributed by atoms with Crippen molar-refractivity contribution in [1.82, 2.24) is 9.97 Å². The van der Waals surface area contributed by atoms with Crippen LogP contribution in [0.4, 0.5) is 0 Å². The molecular weight excluding hydrogens is 380 g/mol. The van der Waals surface area contributed by atoms with Gasteiger partial charge in [-0.2, -0.15) is 0 Å². The fraction of sp³-hybridized carbons (Fsp3) is 0.238. The number of aryl methyl sites for hydroxylation is 3. The number of rotatable bonds is 4. The van der Waals surface area contributed by atoms with Gasteiger partial charge in [0.2, 0.25) is 0 Å². The second kappa shape index (κ2) is 7.94. The number of nitrogens with zero attached hydrogens (tertiary/aromatic N) is 2. The molecule has 0 N–H and O–H groups in total. The zero-order chi connectivity index (χ0) is 20.4. The van der Waals surface area contributed by atoms with Crippen LogP contribution in [-0.4, -0.2) is 29.0 Å². The average molecular weight is 399 g/mol. The number of halogens is 1. The first-order valence-electron chi connectivity index (χ1n) is 8.61. The molecule has 0 saturated heterocycles. The van der Waals surface area contributed by atoms with E-state index in [1.165, 1.54) is 7.11 Å². The largest absolute Gasteiger partial charge is 0.465 e. The van der Waals surface area contributed by atoms with Crippen molar-refractivity contribution in [1.29, 1.82) is 0 Å². The first-order valence-corrected chi connectivity index (χ1v) is 8.98. The molecule has 2 aromatic heterocycles. The lowest BCUT2D eigenvalue weighted by atomic mass is 10.0. The van der Waals surface area contributed by atoms with Gasteiger partial charge in [0, 0.05) is 11.1 Å². The number of methoxy groups -OCH3 is 1. The molecule has 0 amide bonds. The predicted octanol–water partition coefficient (Wildman–Crippen LogP) is 4.35. The third kappa shape index (κ3) is 3.68. The Balaban J connectivity index is 1.98. The second-order valence-electron chi connectivity index (χ2n) is 6.39. The highest BCUT2D eigenvalue weighted by molar-refractivity contribution is 6.32. The van der Waals surface area contributed by atoms with Crippen LogP contribution in [0.3, 0.4) is 0 Å². The molecule has 0 fully saturated rings. The number of hydrogen-bond donors (Lipinski definition) is 0. The third-order valence-electron chi connectivity index (χ3n) is 4.46. The van der Waals surface area contributed by atoms with Crippen LogP contribution in [0, 0.1) is 20.8 Å². The van der Waals surface area contributed by atoms with E-state index >= 15 is 0 Å². The highest BCUT2D eigenvalue weighted by atomic mass is 35.5. The van der Waals surface area contributed by atoms with Gasteiger partial charge in [0.15, 0.2) is 0 Å². The Morgan fingerprint density at radius 1 is 1.04 bits per heavy atom. The Labute approximate surface area is 167 Å². The fourth-order valence-corrected chi connectivity index (χ4v) is 3.52. The molecule has 6 nitrogen and oxygen atoms in total. The molecule has 0 radical (unpaired) electrons. The summed E-state index contributed by atoms with van der Waals surface area (Å²) in [5.41, 5.74) is 3.60. The Hall–Kier alpha value is -2.99. The van der Waals surface area contributed by atoms with Crippen molar-refractivity contribution in [3.8, 4) is 0 Å². The first-order chi connectivity index (χ1) is 13.3. The maximum absolute atomic E-state index is 12.6. The number of carbonyl (C=O) groups is 2. The zero-order valence-corrected chi connectivity index (χ0v) is 16.8. The van der Waals surface area contributed by atoms with E-state index in [0.29, 0.717) is 28.0 Å². The maximum atomic E-state index is 12.6. The van der Waals surface area contributed by atoms with Crippen molar-refractivity contribution in [3.05, 3.63) is 69.1 Å². The minimum absolute atomic E-state index is 0.0818. The number of aromatic nitrogens is 2. The van der Waals surface area contributed by atoms with Crippen LogP contribution in [0.1, 0.15) is 43.2 Å². The van der Waals surface area contributed by atoms with E-state index in [9.17, 15) is 9.59 Å². The Morgan fingerprint density at radius 3 is 2.43 bits per heavy atom. The summed E-state index contributed by atoms with van der Waals surface area (Å²) >= 11 is 6.12. The lowest BCUT2D eigenvalue weighted by Gasteiger charge is -2.14. The predicted molar refractivity (Wildman–Crippen MR) is 106 cm³/mol. The standard InChI is InChI=1S/C21H19ClN2O4/c1-11-9-12(2)23-19(22)17(11)21(26)28-10-16-18(20(25)27-4)13(3)14-7-5-6-8-15(14)24-16/h5-9H,10H2,1-4H3. The minimum Gasteiger partial charge on any atom is -0.465 e. The number of fused-ring (bicyclic) bond motifs is 1. The van der Waals surface area contributed by atoms with Crippen LogP contribution < -0.4 is 0 Å². The van der Waals surface area contributed by atoms with Crippen molar-refractivity contribution < 1.29 is 19.1 Å². The molecule has 0 aliphatic carbocycles. The van der Waals surface area contributed by atoms with Gasteiger partial charge in [-0.05, 0) is 44.0 Å². The van der Waals surface area contributed by atoms with E-state index in [1.54, 1.807) is 19.9 Å². The van der Waals surface area contributed by atoms with Gasteiger partial charge in [0.25, 0.3) is 0 Å². The van der Waals surface area contributed by atoms with E-state index < -0.39 is 11.9 Å². The third-order valence-corrected chi connectivity index (χ3v) is 4.73. The number of pyridine rings is 2. The molecule has 0 saturated carbocycles. The number of para-hydroxylation sites is 1. The molecule has 0 atom stereocenters. The van der Waals surface area contributed by atoms with Crippen LogP contribution in [0.5, 0.6) is 0 Å². The van der Waals surface area contributed by atoms with Crippen LogP contribution >= 0.6 is 11.6 Å². The second-order valence-corrected chi connectivity index (χ2v) is 6.75. The van der Waals surface area contributed by atoms with Crippen LogP contribution in [0.2, 0.25) is 5.15 Å². The van der Waals surface area contributed by atoms with Crippen LogP contribution in [0.25, 0.3) is 10.9 Å². The van der Waals surface area contributed by atoms with Gasteiger partial charge in [-0.1, -0.05) is 29.8 Å². The summed E-state index contributed by atoms with van der Waals surface area (Å²) in [6.07, 6.45) is 0. The molecule has 0 spiro atoms. The molecule has 0 unspecified atom stereocenters. The Kier molecular flexibility index (Phi) is 5.61. The highest BCUT2D eigenvalue weighted by Crippen LogP contribution is 2.25. The summed E-state index contributed by atoms with van der Waals surface area (Å²) in [7, 11) is 1.30. The van der Waals surface area contributed by atoms with E-state index in [0.717, 1.165) is 10.9 Å². The van der Waals surface area contributed by atoms with Gasteiger partial charge in [0.1, 0.15) is 11.8 Å². The first kappa shape index (κ1) is 19.8. The minimum atomic E-state index is -0.626. The molecule has 2 heterocycles. The highest BCUT2D eigenvalue weighted by Gasteiger charge is 2.22. The van der Waals surface area contributed by atoms with Crippen molar-refractivity contribution in [2.75, 3.05) is 7.11 Å². The van der Waals surface area contributed by atoms with E-state index in [-0.39, 0.29) is 17.3 Å². The molecule has 0 aliphatic rings. The molecule has 7 heteroatoms. The topological polar surface area (TPSA) is 78.4 Å². The summed E-state index contributed by atoms with van der Waals surface area (Å²) in [6, 6.07) is 9.18. The SMILES string of the molecule is COC(=O)c1c(COC(=O)c2c(C)cc(C)nc2Cl)nc2ccccc2c1C. The number of esters is 2. The summed E-state index contributed by atoms with van der Waals surface area (Å²) in [4.78, 5) is 33.5. The lowest BCUT2D eigenvalue weighted by Crippen LogP contribution is -2.15. The smallest absolute Gasteiger partial charge is 0.341 e. The molecule has 3 rings (SSSR count). The monoisotopic (exact) mass is 398 g/mol. The van der Waals surface area contributed by atoms with Gasteiger partial charge in [-0.3, -0.25) is 0 Å². The Morgan fingerprint density at radius 2 is 1.75 bits per heavy atom. The van der Waals surface area contributed by atoms with Crippen molar-refractivity contribution in [2.24, 2.45) is 0 Å². The van der Waals surface area contributed by atoms with Gasteiger partial charge >= 0.3 is 11.9 Å². The van der Waals surface area contributed by atoms with E-state index in [4.69, 9.17) is 21.1 Å². The number of benzene rings is 1. The van der Waals surface area contributed by atoms with Crippen molar-refractivity contribution in [3.63, 3.8) is 0 Å². The maximum Gasteiger partial charge on any atom is 0.341 e. The van der Waals surface area contributed by atoms with Crippen molar-refractivity contribution in [2.45, 2.75) is 27.4 Å². The average Bonchev–Trinajstić information content (AvgIpc) is 2.65. The van der Waals surface area contributed by atoms with Gasteiger partial charge in [0.05, 0.1) is 29.4 Å². The quantitative estimate of drug-likeness (QED) is 0.480. The molecule has 0 bridgehead atoms. The summed E-state index contributed by atoms with van der Waals surface area (Å²) in [5.74, 6) is -1.16. The molecule has 28 heavy (non-hydrogen) atoms. The molecule has 0 aliphatic heterocycles. The summed E-state index contributed by atoms with van der Waals surface area (Å²) < 4.78 is 10.3.